The molecule has 11 heteroatoms. The van der Waals surface area contributed by atoms with E-state index in [9.17, 15) is 18.0 Å². The smallest absolute Gasteiger partial charge is 0.370 e. The van der Waals surface area contributed by atoms with Crippen LogP contribution in [-0.2, 0) is 11.0 Å². The highest BCUT2D eigenvalue weighted by Crippen LogP contribution is 2.36. The molecule has 0 bridgehead atoms. The molecule has 0 atom stereocenters. The summed E-state index contributed by atoms with van der Waals surface area (Å²) >= 11 is 1.04. The van der Waals surface area contributed by atoms with Gasteiger partial charge in [-0.05, 0) is 37.5 Å². The number of rotatable bonds is 5. The Morgan fingerprint density at radius 2 is 2.04 bits per heavy atom. The standard InChI is InChI=1S/C16H19F3N6OS/c17-16(18,19)10-4-5-12(25-6-2-1-3-7-25)11(8-10)21-13(26)9-27-15-22-14(20)23-24-15/h4-5,8H,1-3,6-7,9H2,(H,21,26)(H3,20,22,23,24). The van der Waals surface area contributed by atoms with Crippen molar-refractivity contribution in [3.8, 4) is 0 Å². The molecule has 1 fully saturated rings. The Balaban J connectivity index is 1.76. The first-order chi connectivity index (χ1) is 12.8. The maximum Gasteiger partial charge on any atom is 0.416 e. The highest BCUT2D eigenvalue weighted by atomic mass is 32.2. The molecule has 0 spiro atoms. The molecule has 0 saturated carbocycles. The largest absolute Gasteiger partial charge is 0.416 e. The van der Waals surface area contributed by atoms with Crippen LogP contribution in [0.3, 0.4) is 0 Å². The van der Waals surface area contributed by atoms with Crippen molar-refractivity contribution in [2.75, 3.05) is 34.8 Å². The number of benzene rings is 1. The Bertz CT molecular complexity index is 804. The maximum absolute atomic E-state index is 13.1. The van der Waals surface area contributed by atoms with E-state index in [1.165, 1.54) is 6.07 Å². The molecule has 0 unspecified atom stereocenters. The van der Waals surface area contributed by atoms with E-state index in [4.69, 9.17) is 5.73 Å². The highest BCUT2D eigenvalue weighted by Gasteiger charge is 2.31. The number of nitrogens with two attached hydrogens (primary N) is 1. The van der Waals surface area contributed by atoms with Crippen molar-refractivity contribution in [2.24, 2.45) is 0 Å². The third kappa shape index (κ3) is 5.06. The zero-order valence-corrected chi connectivity index (χ0v) is 15.2. The second-order valence-electron chi connectivity index (χ2n) is 6.12. The lowest BCUT2D eigenvalue weighted by Gasteiger charge is -2.31. The molecule has 1 aromatic heterocycles. The Morgan fingerprint density at radius 3 is 2.67 bits per heavy atom. The normalized spacial score (nSPS) is 15.0. The summed E-state index contributed by atoms with van der Waals surface area (Å²) in [6.45, 7) is 1.50. The van der Waals surface area contributed by atoms with Crippen LogP contribution in [0.1, 0.15) is 24.8 Å². The quantitative estimate of drug-likeness (QED) is 0.667. The molecule has 2 heterocycles. The van der Waals surface area contributed by atoms with Gasteiger partial charge in [-0.2, -0.15) is 18.2 Å². The van der Waals surface area contributed by atoms with Gasteiger partial charge in [-0.3, -0.25) is 4.79 Å². The molecule has 146 valence electrons. The van der Waals surface area contributed by atoms with E-state index >= 15 is 0 Å². The fourth-order valence-electron chi connectivity index (χ4n) is 2.86. The van der Waals surface area contributed by atoms with Crippen LogP contribution < -0.4 is 16.0 Å². The Kier molecular flexibility index (Phi) is 5.78. The number of amides is 1. The van der Waals surface area contributed by atoms with Gasteiger partial charge in [0.1, 0.15) is 0 Å². The Morgan fingerprint density at radius 1 is 1.30 bits per heavy atom. The summed E-state index contributed by atoms with van der Waals surface area (Å²) in [5, 5.41) is 9.14. The zero-order chi connectivity index (χ0) is 19.4. The van der Waals surface area contributed by atoms with Crippen LogP contribution in [0.2, 0.25) is 0 Å². The molecule has 1 amide bonds. The lowest BCUT2D eigenvalue weighted by atomic mass is 10.1. The van der Waals surface area contributed by atoms with Crippen LogP contribution >= 0.6 is 11.8 Å². The lowest BCUT2D eigenvalue weighted by Crippen LogP contribution is -2.30. The molecule has 0 radical (unpaired) electrons. The highest BCUT2D eigenvalue weighted by molar-refractivity contribution is 7.99. The second kappa shape index (κ2) is 8.07. The van der Waals surface area contributed by atoms with E-state index in [0.717, 1.165) is 56.2 Å². The molecule has 2 aromatic rings. The monoisotopic (exact) mass is 400 g/mol. The van der Waals surface area contributed by atoms with Crippen LogP contribution in [0.4, 0.5) is 30.5 Å². The predicted molar refractivity (Wildman–Crippen MR) is 97.7 cm³/mol. The number of aromatic amines is 1. The average molecular weight is 400 g/mol. The SMILES string of the molecule is Nc1nc(SCC(=O)Nc2cc(C(F)(F)F)ccc2N2CCCCC2)n[nH]1. The molecule has 0 aliphatic carbocycles. The summed E-state index contributed by atoms with van der Waals surface area (Å²) < 4.78 is 39.3. The number of nitrogens with zero attached hydrogens (tertiary/aromatic N) is 3. The molecular formula is C16H19F3N6OS. The van der Waals surface area contributed by atoms with E-state index in [2.05, 4.69) is 20.5 Å². The summed E-state index contributed by atoms with van der Waals surface area (Å²) in [6, 6.07) is 3.45. The van der Waals surface area contributed by atoms with Crippen molar-refractivity contribution in [1.82, 2.24) is 15.2 Å². The van der Waals surface area contributed by atoms with Crippen LogP contribution in [0, 0.1) is 0 Å². The van der Waals surface area contributed by atoms with Crippen LogP contribution in [-0.4, -0.2) is 39.9 Å². The molecule has 1 aliphatic heterocycles. The van der Waals surface area contributed by atoms with Gasteiger partial charge in [-0.25, -0.2) is 5.10 Å². The minimum Gasteiger partial charge on any atom is -0.370 e. The van der Waals surface area contributed by atoms with Gasteiger partial charge in [0.05, 0.1) is 22.7 Å². The minimum absolute atomic E-state index is 0.0486. The van der Waals surface area contributed by atoms with Crippen molar-refractivity contribution in [2.45, 2.75) is 30.6 Å². The van der Waals surface area contributed by atoms with Gasteiger partial charge < -0.3 is 16.0 Å². The summed E-state index contributed by atoms with van der Waals surface area (Å²) in [5.74, 6) is -0.364. The number of halogens is 3. The lowest BCUT2D eigenvalue weighted by molar-refractivity contribution is -0.137. The van der Waals surface area contributed by atoms with Gasteiger partial charge in [0.2, 0.25) is 17.0 Å². The van der Waals surface area contributed by atoms with Crippen molar-refractivity contribution >= 4 is 35.0 Å². The molecular weight excluding hydrogens is 381 g/mol. The fourth-order valence-corrected chi connectivity index (χ4v) is 3.47. The van der Waals surface area contributed by atoms with Gasteiger partial charge in [0.15, 0.2) is 0 Å². The summed E-state index contributed by atoms with van der Waals surface area (Å²) in [6.07, 6.45) is -1.45. The number of alkyl halides is 3. The number of nitrogens with one attached hydrogen (secondary N) is 2. The molecule has 1 aromatic carbocycles. The zero-order valence-electron chi connectivity index (χ0n) is 14.3. The van der Waals surface area contributed by atoms with Crippen molar-refractivity contribution in [1.29, 1.82) is 0 Å². The maximum atomic E-state index is 13.1. The second-order valence-corrected chi connectivity index (χ2v) is 7.06. The first-order valence-corrected chi connectivity index (χ1v) is 9.38. The summed E-state index contributed by atoms with van der Waals surface area (Å²) in [5.41, 5.74) is 5.37. The number of H-pyrrole nitrogens is 1. The van der Waals surface area contributed by atoms with E-state index < -0.39 is 17.6 Å². The molecule has 4 N–H and O–H groups in total. The number of anilines is 3. The number of piperidine rings is 1. The molecule has 27 heavy (non-hydrogen) atoms. The van der Waals surface area contributed by atoms with Gasteiger partial charge in [-0.15, -0.1) is 5.10 Å². The third-order valence-corrected chi connectivity index (χ3v) is 4.96. The summed E-state index contributed by atoms with van der Waals surface area (Å²) in [4.78, 5) is 18.1. The first-order valence-electron chi connectivity index (χ1n) is 8.39. The van der Waals surface area contributed by atoms with Crippen LogP contribution in [0.5, 0.6) is 0 Å². The first kappa shape index (κ1) is 19.3. The fraction of sp³-hybridized carbons (Fsp3) is 0.438. The van der Waals surface area contributed by atoms with Gasteiger partial charge in [-0.1, -0.05) is 11.8 Å². The van der Waals surface area contributed by atoms with Crippen LogP contribution in [0.15, 0.2) is 23.4 Å². The third-order valence-electron chi connectivity index (χ3n) is 4.11. The number of carbonyl (C=O) groups is 1. The topological polar surface area (TPSA) is 99.9 Å². The van der Waals surface area contributed by atoms with E-state index in [1.807, 2.05) is 4.90 Å². The van der Waals surface area contributed by atoms with Gasteiger partial charge in [0.25, 0.3) is 0 Å². The van der Waals surface area contributed by atoms with Gasteiger partial charge >= 0.3 is 6.18 Å². The number of nitrogen functional groups attached to an aromatic ring is 1. The number of hydrogen-bond acceptors (Lipinski definition) is 6. The number of aromatic nitrogens is 3. The number of hydrogen-bond donors (Lipinski definition) is 3. The number of thioether (sulfide) groups is 1. The van der Waals surface area contributed by atoms with Crippen molar-refractivity contribution in [3.05, 3.63) is 23.8 Å². The summed E-state index contributed by atoms with van der Waals surface area (Å²) in [7, 11) is 0. The predicted octanol–water partition coefficient (Wildman–Crippen LogP) is 3.13. The molecule has 1 saturated heterocycles. The van der Waals surface area contributed by atoms with E-state index in [-0.39, 0.29) is 17.4 Å². The van der Waals surface area contributed by atoms with Gasteiger partial charge in [0, 0.05) is 13.1 Å². The van der Waals surface area contributed by atoms with E-state index in [0.29, 0.717) is 10.8 Å². The van der Waals surface area contributed by atoms with Crippen LogP contribution in [0.25, 0.3) is 0 Å². The van der Waals surface area contributed by atoms with Crippen molar-refractivity contribution in [3.63, 3.8) is 0 Å². The van der Waals surface area contributed by atoms with Crippen molar-refractivity contribution < 1.29 is 18.0 Å². The molecule has 1 aliphatic rings. The number of carbonyl (C=O) groups excluding carboxylic acids is 1. The average Bonchev–Trinajstić information content (AvgIpc) is 3.05. The molecule has 7 nitrogen and oxygen atoms in total. The molecule has 3 rings (SSSR count). The Hall–Kier alpha value is -2.43. The van der Waals surface area contributed by atoms with E-state index in [1.54, 1.807) is 0 Å². The minimum atomic E-state index is -4.48. The Labute approximate surface area is 157 Å².